The molecule has 134 valence electrons. The highest BCUT2D eigenvalue weighted by molar-refractivity contribution is 5.83. The molecule has 6 nitrogen and oxygen atoms in total. The molecule has 1 aromatic heterocycles. The molecule has 0 spiro atoms. The van der Waals surface area contributed by atoms with Crippen molar-refractivity contribution in [2.45, 2.75) is 45.1 Å². The van der Waals surface area contributed by atoms with Gasteiger partial charge in [0.1, 0.15) is 11.3 Å². The van der Waals surface area contributed by atoms with Crippen LogP contribution in [-0.2, 0) is 17.6 Å². The van der Waals surface area contributed by atoms with Crippen LogP contribution in [-0.4, -0.2) is 30.3 Å². The van der Waals surface area contributed by atoms with E-state index in [4.69, 9.17) is 14.3 Å². The molecule has 0 aliphatic heterocycles. The molecule has 1 heterocycles. The number of aliphatic hydroxyl groups is 1. The molecule has 25 heavy (non-hydrogen) atoms. The maximum absolute atomic E-state index is 12.2. The molecule has 1 aromatic carbocycles. The van der Waals surface area contributed by atoms with Gasteiger partial charge < -0.3 is 19.6 Å². The summed E-state index contributed by atoms with van der Waals surface area (Å²) in [7, 11) is 0. The average Bonchev–Trinajstić information content (AvgIpc) is 2.62. The minimum Gasteiger partial charge on any atom is -0.481 e. The molecule has 6 heteroatoms. The van der Waals surface area contributed by atoms with E-state index in [9.17, 15) is 9.59 Å². The fourth-order valence-electron chi connectivity index (χ4n) is 3.19. The zero-order valence-corrected chi connectivity index (χ0v) is 14.3. The monoisotopic (exact) mass is 345 g/mol. The van der Waals surface area contributed by atoms with Gasteiger partial charge in [-0.3, -0.25) is 4.79 Å². The van der Waals surface area contributed by atoms with Crippen molar-refractivity contribution in [2.24, 2.45) is 0 Å². The van der Waals surface area contributed by atoms with E-state index in [0.29, 0.717) is 24.3 Å². The van der Waals surface area contributed by atoms with Crippen LogP contribution in [0.15, 0.2) is 27.4 Å². The van der Waals surface area contributed by atoms with Gasteiger partial charge in [-0.1, -0.05) is 0 Å². The van der Waals surface area contributed by atoms with Crippen molar-refractivity contribution in [1.29, 1.82) is 0 Å². The van der Waals surface area contributed by atoms with Crippen LogP contribution in [0.3, 0.4) is 0 Å². The first kappa shape index (κ1) is 17.5. The minimum absolute atomic E-state index is 0.0313. The van der Waals surface area contributed by atoms with E-state index in [0.717, 1.165) is 42.2 Å². The molecule has 0 radical (unpaired) electrons. The molecule has 1 aliphatic carbocycles. The number of amides is 1. The fraction of sp³-hybridized carbons (Fsp3) is 0.474. The van der Waals surface area contributed by atoms with Gasteiger partial charge in [0.15, 0.2) is 6.10 Å². The van der Waals surface area contributed by atoms with Gasteiger partial charge in [-0.25, -0.2) is 4.79 Å². The molecule has 2 N–H and O–H groups in total. The zero-order valence-electron chi connectivity index (χ0n) is 14.3. The Labute approximate surface area is 145 Å². The third-order valence-electron chi connectivity index (χ3n) is 4.51. The molecule has 0 bridgehead atoms. The number of rotatable bonds is 6. The second kappa shape index (κ2) is 7.70. The first-order valence-corrected chi connectivity index (χ1v) is 8.74. The predicted molar refractivity (Wildman–Crippen MR) is 93.9 cm³/mol. The number of benzene rings is 1. The largest absolute Gasteiger partial charge is 0.481 e. The second-order valence-corrected chi connectivity index (χ2v) is 6.34. The number of carbonyl (C=O) groups excluding carboxylic acids is 1. The van der Waals surface area contributed by atoms with Crippen molar-refractivity contribution in [2.75, 3.05) is 13.2 Å². The van der Waals surface area contributed by atoms with Gasteiger partial charge in [0.25, 0.3) is 5.91 Å². The number of hydrogen-bond donors (Lipinski definition) is 2. The third-order valence-corrected chi connectivity index (χ3v) is 4.51. The molecule has 1 amide bonds. The van der Waals surface area contributed by atoms with Crippen LogP contribution in [0, 0.1) is 0 Å². The Morgan fingerprint density at radius 2 is 2.08 bits per heavy atom. The lowest BCUT2D eigenvalue weighted by molar-refractivity contribution is -0.127. The smallest absolute Gasteiger partial charge is 0.339 e. The van der Waals surface area contributed by atoms with E-state index < -0.39 is 6.10 Å². The average molecular weight is 345 g/mol. The van der Waals surface area contributed by atoms with E-state index in [2.05, 4.69) is 5.32 Å². The van der Waals surface area contributed by atoms with Crippen molar-refractivity contribution >= 4 is 16.9 Å². The number of aliphatic hydroxyl groups excluding tert-OH is 1. The normalized spacial score (nSPS) is 14.8. The molecule has 1 atom stereocenters. The standard InChI is InChI=1S/C19H23NO5/c1-12(18(22)20-9-4-10-21)24-13-7-8-15-14-5-2-3-6-16(14)19(23)25-17(15)11-13/h7-8,11-12,21H,2-6,9-10H2,1H3,(H,20,22)/t12-/m0/s1. The molecular weight excluding hydrogens is 322 g/mol. The Kier molecular flexibility index (Phi) is 5.38. The van der Waals surface area contributed by atoms with Crippen LogP contribution >= 0.6 is 0 Å². The van der Waals surface area contributed by atoms with Crippen LogP contribution in [0.1, 0.15) is 37.3 Å². The molecule has 2 aromatic rings. The van der Waals surface area contributed by atoms with Crippen molar-refractivity contribution in [3.05, 3.63) is 39.7 Å². The second-order valence-electron chi connectivity index (χ2n) is 6.34. The molecular formula is C19H23NO5. The number of fused-ring (bicyclic) bond motifs is 3. The number of hydrogen-bond acceptors (Lipinski definition) is 5. The van der Waals surface area contributed by atoms with Crippen LogP contribution in [0.5, 0.6) is 5.75 Å². The fourth-order valence-corrected chi connectivity index (χ4v) is 3.19. The van der Waals surface area contributed by atoms with E-state index in [1.807, 2.05) is 6.07 Å². The predicted octanol–water partition coefficient (Wildman–Crippen LogP) is 1.94. The molecule has 3 rings (SSSR count). The number of ether oxygens (including phenoxy) is 1. The summed E-state index contributed by atoms with van der Waals surface area (Å²) in [6, 6.07) is 5.37. The molecule has 0 saturated carbocycles. The van der Waals surface area contributed by atoms with Crippen LogP contribution in [0.2, 0.25) is 0 Å². The Balaban J connectivity index is 1.80. The lowest BCUT2D eigenvalue weighted by atomic mass is 9.91. The first-order chi connectivity index (χ1) is 12.1. The van der Waals surface area contributed by atoms with Crippen molar-refractivity contribution < 1.29 is 19.1 Å². The Morgan fingerprint density at radius 1 is 1.32 bits per heavy atom. The lowest BCUT2D eigenvalue weighted by Crippen LogP contribution is -2.37. The van der Waals surface area contributed by atoms with Gasteiger partial charge in [0.2, 0.25) is 0 Å². The minimum atomic E-state index is -0.680. The topological polar surface area (TPSA) is 88.8 Å². The van der Waals surface area contributed by atoms with Crippen LogP contribution < -0.4 is 15.7 Å². The molecule has 1 aliphatic rings. The van der Waals surface area contributed by atoms with Gasteiger partial charge in [-0.2, -0.15) is 0 Å². The quantitative estimate of drug-likeness (QED) is 0.617. The van der Waals surface area contributed by atoms with Crippen LogP contribution in [0.25, 0.3) is 11.0 Å². The van der Waals surface area contributed by atoms with Gasteiger partial charge in [-0.05, 0) is 56.7 Å². The molecule has 0 fully saturated rings. The Bertz CT molecular complexity index is 826. The van der Waals surface area contributed by atoms with Crippen LogP contribution in [0.4, 0.5) is 0 Å². The maximum atomic E-state index is 12.2. The third kappa shape index (κ3) is 3.85. The van der Waals surface area contributed by atoms with Crippen molar-refractivity contribution in [1.82, 2.24) is 5.32 Å². The SMILES string of the molecule is C[C@H](Oc1ccc2c3c(c(=O)oc2c1)CCCC3)C(=O)NCCCO. The maximum Gasteiger partial charge on any atom is 0.339 e. The van der Waals surface area contributed by atoms with Gasteiger partial charge in [0.05, 0.1) is 0 Å². The molecule has 0 unspecified atom stereocenters. The first-order valence-electron chi connectivity index (χ1n) is 8.74. The summed E-state index contributed by atoms with van der Waals surface area (Å²) in [6.45, 7) is 2.09. The van der Waals surface area contributed by atoms with Gasteiger partial charge in [0, 0.05) is 30.2 Å². The summed E-state index contributed by atoms with van der Waals surface area (Å²) >= 11 is 0. The lowest BCUT2D eigenvalue weighted by Gasteiger charge is -2.17. The summed E-state index contributed by atoms with van der Waals surface area (Å²) in [5.74, 6) is 0.233. The summed E-state index contributed by atoms with van der Waals surface area (Å²) in [5.41, 5.74) is 2.10. The zero-order chi connectivity index (χ0) is 17.8. The van der Waals surface area contributed by atoms with Gasteiger partial charge >= 0.3 is 5.63 Å². The van der Waals surface area contributed by atoms with Gasteiger partial charge in [-0.15, -0.1) is 0 Å². The number of carbonyl (C=O) groups is 1. The van der Waals surface area contributed by atoms with E-state index in [-0.39, 0.29) is 18.1 Å². The summed E-state index contributed by atoms with van der Waals surface area (Å²) < 4.78 is 11.1. The highest BCUT2D eigenvalue weighted by atomic mass is 16.5. The molecule has 0 saturated heterocycles. The summed E-state index contributed by atoms with van der Waals surface area (Å²) in [5, 5.41) is 12.4. The van der Waals surface area contributed by atoms with Crippen molar-refractivity contribution in [3.63, 3.8) is 0 Å². The van der Waals surface area contributed by atoms with E-state index in [1.54, 1.807) is 19.1 Å². The van der Waals surface area contributed by atoms with Crippen molar-refractivity contribution in [3.8, 4) is 5.75 Å². The Morgan fingerprint density at radius 3 is 2.84 bits per heavy atom. The Hall–Kier alpha value is -2.34. The van der Waals surface area contributed by atoms with E-state index >= 15 is 0 Å². The summed E-state index contributed by atoms with van der Waals surface area (Å²) in [6.07, 6.45) is 3.59. The number of aryl methyl sites for hydroxylation is 1. The highest BCUT2D eigenvalue weighted by Gasteiger charge is 2.19. The highest BCUT2D eigenvalue weighted by Crippen LogP contribution is 2.29. The van der Waals surface area contributed by atoms with E-state index in [1.165, 1.54) is 0 Å². The summed E-state index contributed by atoms with van der Waals surface area (Å²) in [4.78, 5) is 24.1. The number of nitrogens with one attached hydrogen (secondary N) is 1.